The largest absolute Gasteiger partial charge is 0.368 e. The molecule has 8 nitrogen and oxygen atoms in total. The van der Waals surface area contributed by atoms with Gasteiger partial charge in [-0.1, -0.05) is 11.8 Å². The number of thioether (sulfide) groups is 1. The van der Waals surface area contributed by atoms with Crippen LogP contribution < -0.4 is 11.1 Å². The lowest BCUT2D eigenvalue weighted by Gasteiger charge is -2.13. The third kappa shape index (κ3) is 5.25. The average Bonchev–Trinajstić information content (AvgIpc) is 2.37. The Hall–Kier alpha value is -1.45. The fraction of sp³-hybridized carbons (Fsp3) is 0.556. The Morgan fingerprint density at radius 3 is 2.83 bits per heavy atom. The highest BCUT2D eigenvalue weighted by Gasteiger charge is 2.09. The van der Waals surface area contributed by atoms with Crippen LogP contribution in [-0.4, -0.2) is 53.7 Å². The number of rotatable bonds is 7. The summed E-state index contributed by atoms with van der Waals surface area (Å²) < 4.78 is 9.87. The van der Waals surface area contributed by atoms with Gasteiger partial charge in [-0.15, -0.1) is 0 Å². The van der Waals surface area contributed by atoms with Crippen LogP contribution in [0.25, 0.3) is 0 Å². The molecule has 1 heterocycles. The molecule has 100 valence electrons. The first kappa shape index (κ1) is 14.6. The maximum absolute atomic E-state index is 11.5. The zero-order chi connectivity index (χ0) is 13.4. The van der Waals surface area contributed by atoms with E-state index in [0.717, 1.165) is 0 Å². The molecule has 0 saturated carbocycles. The molecule has 0 aliphatic heterocycles. The molecule has 0 radical (unpaired) electrons. The zero-order valence-corrected chi connectivity index (χ0v) is 10.9. The van der Waals surface area contributed by atoms with Gasteiger partial charge in [0.25, 0.3) is 0 Å². The van der Waals surface area contributed by atoms with Gasteiger partial charge < -0.3 is 20.5 Å². The van der Waals surface area contributed by atoms with Gasteiger partial charge in [-0.3, -0.25) is 4.79 Å². The second-order valence-corrected chi connectivity index (χ2v) is 4.06. The molecule has 0 bridgehead atoms. The molecule has 1 rings (SSSR count). The third-order valence-electron chi connectivity index (χ3n) is 1.89. The van der Waals surface area contributed by atoms with Gasteiger partial charge in [0.1, 0.15) is 6.33 Å². The van der Waals surface area contributed by atoms with Gasteiger partial charge in [0, 0.05) is 14.2 Å². The number of amides is 1. The van der Waals surface area contributed by atoms with E-state index in [2.05, 4.69) is 20.3 Å². The number of hydrogen-bond acceptors (Lipinski definition) is 8. The van der Waals surface area contributed by atoms with Gasteiger partial charge in [0.05, 0.1) is 12.3 Å². The van der Waals surface area contributed by atoms with Gasteiger partial charge in [0.2, 0.25) is 11.9 Å². The molecule has 1 amide bonds. The molecule has 1 aromatic heterocycles. The average molecular weight is 273 g/mol. The summed E-state index contributed by atoms with van der Waals surface area (Å²) in [5.74, 6) is 0.147. The smallest absolute Gasteiger partial charge is 0.230 e. The maximum atomic E-state index is 11.5. The predicted octanol–water partition coefficient (Wildman–Crippen LogP) is -0.719. The molecule has 0 aliphatic carbocycles. The van der Waals surface area contributed by atoms with Crippen molar-refractivity contribution >= 4 is 23.6 Å². The fourth-order valence-electron chi connectivity index (χ4n) is 1.00. The van der Waals surface area contributed by atoms with Crippen LogP contribution in [0.15, 0.2) is 11.5 Å². The highest BCUT2D eigenvalue weighted by atomic mass is 32.2. The number of nitrogens with one attached hydrogen (secondary N) is 1. The molecular weight excluding hydrogens is 258 g/mol. The maximum Gasteiger partial charge on any atom is 0.230 e. The summed E-state index contributed by atoms with van der Waals surface area (Å²) in [6.07, 6.45) is 0.848. The number of nitrogens with two attached hydrogens (primary N) is 1. The number of aromatic nitrogens is 3. The minimum Gasteiger partial charge on any atom is -0.368 e. The van der Waals surface area contributed by atoms with Gasteiger partial charge in [-0.05, 0) is 0 Å². The molecule has 18 heavy (non-hydrogen) atoms. The highest BCUT2D eigenvalue weighted by Crippen LogP contribution is 2.11. The summed E-state index contributed by atoms with van der Waals surface area (Å²) in [6.45, 7) is 0.283. The number of nitrogen functional groups attached to an aromatic ring is 1. The quantitative estimate of drug-likeness (QED) is 0.494. The predicted molar refractivity (Wildman–Crippen MR) is 65.8 cm³/mol. The lowest BCUT2D eigenvalue weighted by molar-refractivity contribution is -0.125. The second kappa shape index (κ2) is 7.80. The minimum absolute atomic E-state index is 0.131. The molecule has 0 saturated heterocycles. The van der Waals surface area contributed by atoms with E-state index < -0.39 is 6.29 Å². The van der Waals surface area contributed by atoms with E-state index in [9.17, 15) is 4.79 Å². The number of methoxy groups -OCH3 is 2. The van der Waals surface area contributed by atoms with E-state index in [1.165, 1.54) is 32.3 Å². The van der Waals surface area contributed by atoms with E-state index >= 15 is 0 Å². The van der Waals surface area contributed by atoms with Crippen LogP contribution in [0, 0.1) is 0 Å². The molecular formula is C9H15N5O3S. The Morgan fingerprint density at radius 2 is 2.22 bits per heavy atom. The monoisotopic (exact) mass is 273 g/mol. The van der Waals surface area contributed by atoms with Gasteiger partial charge in [-0.25, -0.2) is 9.97 Å². The second-order valence-electron chi connectivity index (χ2n) is 3.12. The molecule has 0 fully saturated rings. The van der Waals surface area contributed by atoms with E-state index in [1.54, 1.807) is 0 Å². The van der Waals surface area contributed by atoms with Crippen molar-refractivity contribution in [3.63, 3.8) is 0 Å². The Balaban J connectivity index is 2.29. The Labute approximate surface area is 109 Å². The Bertz CT molecular complexity index is 388. The van der Waals surface area contributed by atoms with Crippen molar-refractivity contribution < 1.29 is 14.3 Å². The lowest BCUT2D eigenvalue weighted by atomic mass is 10.5. The van der Waals surface area contributed by atoms with Crippen molar-refractivity contribution in [3.8, 4) is 0 Å². The first-order valence-electron chi connectivity index (χ1n) is 5.05. The van der Waals surface area contributed by atoms with E-state index in [0.29, 0.717) is 5.16 Å². The van der Waals surface area contributed by atoms with E-state index in [-0.39, 0.29) is 24.2 Å². The molecule has 1 aromatic rings. The molecule has 0 unspecified atom stereocenters. The van der Waals surface area contributed by atoms with Crippen LogP contribution in [0.2, 0.25) is 0 Å². The highest BCUT2D eigenvalue weighted by molar-refractivity contribution is 7.99. The number of ether oxygens (including phenoxy) is 2. The van der Waals surface area contributed by atoms with Crippen LogP contribution in [0.5, 0.6) is 0 Å². The summed E-state index contributed by atoms with van der Waals surface area (Å²) in [7, 11) is 3.01. The number of anilines is 1. The Kier molecular flexibility index (Phi) is 6.33. The van der Waals surface area contributed by atoms with Gasteiger partial charge in [0.15, 0.2) is 11.4 Å². The van der Waals surface area contributed by atoms with Crippen LogP contribution in [0.4, 0.5) is 5.95 Å². The zero-order valence-electron chi connectivity index (χ0n) is 10.1. The number of nitrogens with zero attached hydrogens (tertiary/aromatic N) is 3. The van der Waals surface area contributed by atoms with Crippen molar-refractivity contribution in [3.05, 3.63) is 6.33 Å². The van der Waals surface area contributed by atoms with Crippen molar-refractivity contribution in [2.24, 2.45) is 0 Å². The molecule has 0 atom stereocenters. The van der Waals surface area contributed by atoms with Crippen LogP contribution in [0.1, 0.15) is 0 Å². The standard InChI is InChI=1S/C9H15N5O3S/c1-16-7(17-2)3-11-6(15)4-18-9-13-5-12-8(10)14-9/h5,7H,3-4H2,1-2H3,(H,11,15)(H2,10,12,13,14). The topological polar surface area (TPSA) is 112 Å². The molecule has 3 N–H and O–H groups in total. The number of carbonyl (C=O) groups is 1. The number of hydrogen-bond donors (Lipinski definition) is 2. The summed E-state index contributed by atoms with van der Waals surface area (Å²) in [6, 6.07) is 0. The van der Waals surface area contributed by atoms with Gasteiger partial charge >= 0.3 is 0 Å². The summed E-state index contributed by atoms with van der Waals surface area (Å²) in [5.41, 5.74) is 5.39. The lowest BCUT2D eigenvalue weighted by Crippen LogP contribution is -2.35. The van der Waals surface area contributed by atoms with Crippen molar-refractivity contribution in [1.82, 2.24) is 20.3 Å². The van der Waals surface area contributed by atoms with Crippen molar-refractivity contribution in [2.45, 2.75) is 11.4 Å². The third-order valence-corrected chi connectivity index (χ3v) is 2.75. The van der Waals surface area contributed by atoms with E-state index in [1.807, 2.05) is 0 Å². The first-order chi connectivity index (χ1) is 8.65. The van der Waals surface area contributed by atoms with Crippen LogP contribution >= 0.6 is 11.8 Å². The van der Waals surface area contributed by atoms with Crippen molar-refractivity contribution in [1.29, 1.82) is 0 Å². The summed E-state index contributed by atoms with van der Waals surface area (Å²) in [4.78, 5) is 22.9. The molecule has 0 aliphatic rings. The molecule has 9 heteroatoms. The minimum atomic E-state index is -0.452. The summed E-state index contributed by atoms with van der Waals surface area (Å²) >= 11 is 1.17. The fourth-order valence-corrected chi connectivity index (χ4v) is 1.65. The van der Waals surface area contributed by atoms with Crippen LogP contribution in [-0.2, 0) is 14.3 Å². The number of carbonyl (C=O) groups excluding carboxylic acids is 1. The van der Waals surface area contributed by atoms with Crippen molar-refractivity contribution in [2.75, 3.05) is 32.3 Å². The Morgan fingerprint density at radius 1 is 1.50 bits per heavy atom. The normalized spacial score (nSPS) is 10.6. The van der Waals surface area contributed by atoms with E-state index in [4.69, 9.17) is 15.2 Å². The van der Waals surface area contributed by atoms with Crippen LogP contribution in [0.3, 0.4) is 0 Å². The first-order valence-corrected chi connectivity index (χ1v) is 6.04. The SMILES string of the molecule is COC(CNC(=O)CSc1ncnc(N)n1)OC. The molecule has 0 spiro atoms. The van der Waals surface area contributed by atoms with Gasteiger partial charge in [-0.2, -0.15) is 4.98 Å². The summed E-state index contributed by atoms with van der Waals surface area (Å²) in [5, 5.41) is 3.07. The molecule has 0 aromatic carbocycles.